The van der Waals surface area contributed by atoms with Crippen LogP contribution in [0.25, 0.3) is 0 Å². The average molecular weight is 290 g/mol. The lowest BCUT2D eigenvalue weighted by Gasteiger charge is -2.60. The van der Waals surface area contributed by atoms with Crippen LogP contribution in [0, 0.1) is 40.4 Å². The first-order chi connectivity index (χ1) is 10.1. The van der Waals surface area contributed by atoms with Crippen LogP contribution in [0.4, 0.5) is 0 Å². The van der Waals surface area contributed by atoms with E-state index in [0.29, 0.717) is 23.4 Å². The third kappa shape index (κ3) is 1.92. The minimum atomic E-state index is 0.435. The van der Waals surface area contributed by atoms with Crippen molar-refractivity contribution < 1.29 is 5.11 Å². The van der Waals surface area contributed by atoms with Gasteiger partial charge in [0.05, 0.1) is 0 Å². The Hall–Kier alpha value is -0.0400. The van der Waals surface area contributed by atoms with Crippen LogP contribution in [0.1, 0.15) is 78.1 Å². The molecular weight excluding hydrogens is 256 g/mol. The molecule has 0 aromatic rings. The molecule has 0 saturated heterocycles. The lowest BCUT2D eigenvalue weighted by molar-refractivity contribution is -0.113. The highest BCUT2D eigenvalue weighted by Gasteiger charge is 2.59. The van der Waals surface area contributed by atoms with Gasteiger partial charge in [0.2, 0.25) is 0 Å². The summed E-state index contributed by atoms with van der Waals surface area (Å²) in [6.07, 6.45) is 14.6. The van der Waals surface area contributed by atoms with Crippen molar-refractivity contribution in [2.45, 2.75) is 78.1 Å². The Bertz CT molecular complexity index is 405. The van der Waals surface area contributed by atoms with Crippen molar-refractivity contribution in [2.75, 3.05) is 6.61 Å². The van der Waals surface area contributed by atoms with Crippen molar-refractivity contribution >= 4 is 0 Å². The molecule has 0 spiro atoms. The molecule has 1 heteroatoms. The minimum Gasteiger partial charge on any atom is -0.396 e. The van der Waals surface area contributed by atoms with Crippen molar-refractivity contribution in [2.24, 2.45) is 40.4 Å². The molecule has 120 valence electrons. The average Bonchev–Trinajstić information content (AvgIpc) is 2.83. The van der Waals surface area contributed by atoms with E-state index in [1.54, 1.807) is 0 Å². The van der Waals surface area contributed by atoms with E-state index < -0.39 is 0 Å². The van der Waals surface area contributed by atoms with Crippen LogP contribution in [0.3, 0.4) is 0 Å². The SMILES string of the molecule is C[C@]12CCCC[C@H]1CC[C@@H]1[C@@H]2CC[C@]2(C)[C@@H](CO)CC[C@@H]12. The maximum atomic E-state index is 9.80. The highest BCUT2D eigenvalue weighted by atomic mass is 16.3. The van der Waals surface area contributed by atoms with Crippen molar-refractivity contribution in [3.8, 4) is 0 Å². The van der Waals surface area contributed by atoms with E-state index in [9.17, 15) is 5.11 Å². The molecule has 0 aromatic heterocycles. The monoisotopic (exact) mass is 290 g/mol. The summed E-state index contributed by atoms with van der Waals surface area (Å²) in [6, 6.07) is 0. The Morgan fingerprint density at radius 1 is 0.810 bits per heavy atom. The topological polar surface area (TPSA) is 20.2 Å². The van der Waals surface area contributed by atoms with Crippen LogP contribution in [-0.2, 0) is 0 Å². The molecule has 4 saturated carbocycles. The van der Waals surface area contributed by atoms with Crippen molar-refractivity contribution in [3.05, 3.63) is 0 Å². The molecule has 0 amide bonds. The number of aliphatic hydroxyl groups is 1. The molecule has 4 aliphatic carbocycles. The van der Waals surface area contributed by atoms with Crippen molar-refractivity contribution in [3.63, 3.8) is 0 Å². The third-order valence-corrected chi connectivity index (χ3v) is 9.00. The Labute approximate surface area is 130 Å². The zero-order valence-corrected chi connectivity index (χ0v) is 14.1. The van der Waals surface area contributed by atoms with E-state index in [2.05, 4.69) is 13.8 Å². The van der Waals surface area contributed by atoms with Crippen LogP contribution in [0.2, 0.25) is 0 Å². The molecule has 4 rings (SSSR count). The second kappa shape index (κ2) is 4.98. The fraction of sp³-hybridized carbons (Fsp3) is 1.00. The Morgan fingerprint density at radius 2 is 1.62 bits per heavy atom. The molecule has 0 aromatic carbocycles. The number of hydrogen-bond donors (Lipinski definition) is 1. The smallest absolute Gasteiger partial charge is 0.0464 e. The summed E-state index contributed by atoms with van der Waals surface area (Å²) in [5, 5.41) is 9.80. The first kappa shape index (κ1) is 14.5. The van der Waals surface area contributed by atoms with Gasteiger partial charge in [-0.1, -0.05) is 26.7 Å². The molecule has 0 unspecified atom stereocenters. The van der Waals surface area contributed by atoms with Gasteiger partial charge in [-0.2, -0.15) is 0 Å². The number of aliphatic hydroxyl groups excluding tert-OH is 1. The molecule has 0 bridgehead atoms. The molecule has 1 nitrogen and oxygen atoms in total. The Kier molecular flexibility index (Phi) is 3.45. The normalized spacial score (nSPS) is 56.4. The molecule has 21 heavy (non-hydrogen) atoms. The summed E-state index contributed by atoms with van der Waals surface area (Å²) in [6.45, 7) is 5.62. The summed E-state index contributed by atoms with van der Waals surface area (Å²) in [4.78, 5) is 0. The first-order valence-electron chi connectivity index (χ1n) is 9.70. The van der Waals surface area contributed by atoms with E-state index in [-0.39, 0.29) is 0 Å². The molecule has 1 N–H and O–H groups in total. The summed E-state index contributed by atoms with van der Waals surface area (Å²) >= 11 is 0. The van der Waals surface area contributed by atoms with Crippen LogP contribution >= 0.6 is 0 Å². The standard InChI is InChI=1S/C20H34O/c1-19-11-4-3-5-14(19)6-8-16-17-9-7-15(13-21)20(17,2)12-10-18(16)19/h14-18,21H,3-13H2,1-2H3/t14-,15+,16-,17-,18-,19-,20+/m0/s1. The predicted octanol–water partition coefficient (Wildman–Crippen LogP) is 5.03. The van der Waals surface area contributed by atoms with Crippen molar-refractivity contribution in [1.29, 1.82) is 0 Å². The summed E-state index contributed by atoms with van der Waals surface area (Å²) in [5.41, 5.74) is 1.13. The van der Waals surface area contributed by atoms with E-state index >= 15 is 0 Å². The Balaban J connectivity index is 1.62. The quantitative estimate of drug-likeness (QED) is 0.718. The van der Waals surface area contributed by atoms with Gasteiger partial charge >= 0.3 is 0 Å². The molecule has 0 aliphatic heterocycles. The van der Waals surface area contributed by atoms with Crippen LogP contribution in [0.15, 0.2) is 0 Å². The van der Waals surface area contributed by atoms with Crippen LogP contribution in [0.5, 0.6) is 0 Å². The van der Waals surface area contributed by atoms with Gasteiger partial charge in [-0.3, -0.25) is 0 Å². The zero-order chi connectivity index (χ0) is 14.7. The largest absolute Gasteiger partial charge is 0.396 e. The first-order valence-corrected chi connectivity index (χ1v) is 9.70. The maximum absolute atomic E-state index is 9.80. The lowest BCUT2D eigenvalue weighted by Crippen LogP contribution is -2.52. The van der Waals surface area contributed by atoms with E-state index in [1.165, 1.54) is 64.2 Å². The van der Waals surface area contributed by atoms with E-state index in [4.69, 9.17) is 0 Å². The zero-order valence-electron chi connectivity index (χ0n) is 14.1. The molecule has 4 aliphatic rings. The minimum absolute atomic E-state index is 0.435. The molecule has 0 heterocycles. The van der Waals surface area contributed by atoms with Gasteiger partial charge in [-0.25, -0.2) is 0 Å². The van der Waals surface area contributed by atoms with Crippen LogP contribution in [-0.4, -0.2) is 11.7 Å². The molecule has 0 radical (unpaired) electrons. The number of fused-ring (bicyclic) bond motifs is 5. The molecule has 4 fully saturated rings. The van der Waals surface area contributed by atoms with E-state index in [0.717, 1.165) is 23.7 Å². The van der Waals surface area contributed by atoms with Gasteiger partial charge in [0.1, 0.15) is 0 Å². The summed E-state index contributed by atoms with van der Waals surface area (Å²) < 4.78 is 0. The van der Waals surface area contributed by atoms with Gasteiger partial charge in [-0.05, 0) is 91.8 Å². The van der Waals surface area contributed by atoms with Gasteiger partial charge in [-0.15, -0.1) is 0 Å². The Morgan fingerprint density at radius 3 is 2.43 bits per heavy atom. The molecular formula is C20H34O. The molecule has 7 atom stereocenters. The maximum Gasteiger partial charge on any atom is 0.0464 e. The van der Waals surface area contributed by atoms with Crippen molar-refractivity contribution in [1.82, 2.24) is 0 Å². The van der Waals surface area contributed by atoms with Gasteiger partial charge in [0.25, 0.3) is 0 Å². The predicted molar refractivity (Wildman–Crippen MR) is 86.9 cm³/mol. The van der Waals surface area contributed by atoms with Crippen LogP contribution < -0.4 is 0 Å². The summed E-state index contributed by atoms with van der Waals surface area (Å²) in [7, 11) is 0. The third-order valence-electron chi connectivity index (χ3n) is 9.00. The fourth-order valence-electron chi connectivity index (χ4n) is 7.70. The second-order valence-electron chi connectivity index (χ2n) is 9.40. The van der Waals surface area contributed by atoms with Gasteiger partial charge < -0.3 is 5.11 Å². The number of rotatable bonds is 1. The lowest BCUT2D eigenvalue weighted by atomic mass is 9.45. The van der Waals surface area contributed by atoms with E-state index in [1.807, 2.05) is 0 Å². The highest BCUT2D eigenvalue weighted by molar-refractivity contribution is 5.08. The van der Waals surface area contributed by atoms with Gasteiger partial charge in [0.15, 0.2) is 0 Å². The highest BCUT2D eigenvalue weighted by Crippen LogP contribution is 2.67. The number of hydrogen-bond acceptors (Lipinski definition) is 1. The van der Waals surface area contributed by atoms with Gasteiger partial charge in [0, 0.05) is 6.61 Å². The second-order valence-corrected chi connectivity index (χ2v) is 9.40. The fourth-order valence-corrected chi connectivity index (χ4v) is 7.70. The summed E-state index contributed by atoms with van der Waals surface area (Å²) in [5.74, 6) is 4.55.